The number of aliphatic carboxylic acids is 1. The first-order valence-corrected chi connectivity index (χ1v) is 5.57. The van der Waals surface area contributed by atoms with Crippen LogP contribution in [0.2, 0.25) is 0 Å². The van der Waals surface area contributed by atoms with Gasteiger partial charge in [0, 0.05) is 0 Å². The highest BCUT2D eigenvalue weighted by Gasteiger charge is 2.09. The first kappa shape index (κ1) is 14.3. The van der Waals surface area contributed by atoms with E-state index in [2.05, 4.69) is 5.32 Å². The average Bonchev–Trinajstić information content (AvgIpc) is 2.21. The third kappa shape index (κ3) is 9.65. The highest BCUT2D eigenvalue weighted by atomic mass is 16.4. The Hall–Kier alpha value is -0.650. The predicted molar refractivity (Wildman–Crippen MR) is 60.6 cm³/mol. The van der Waals surface area contributed by atoms with Crippen molar-refractivity contribution in [2.75, 3.05) is 19.6 Å². The number of carboxylic acids is 1. The van der Waals surface area contributed by atoms with Gasteiger partial charge in [-0.25, -0.2) is 0 Å². The molecule has 0 rings (SSSR count). The monoisotopic (exact) mass is 217 g/mol. The molecule has 0 saturated heterocycles. The molecule has 0 aromatic heterocycles. The SMILES string of the molecule is NCCCCNCCCC[C@H](N)C(=O)O. The molecule has 0 radical (unpaired) electrons. The molecule has 0 saturated carbocycles. The van der Waals surface area contributed by atoms with E-state index >= 15 is 0 Å². The van der Waals surface area contributed by atoms with Crippen molar-refractivity contribution in [3.63, 3.8) is 0 Å². The summed E-state index contributed by atoms with van der Waals surface area (Å²) in [6.07, 6.45) is 4.54. The summed E-state index contributed by atoms with van der Waals surface area (Å²) in [5.41, 5.74) is 10.7. The fourth-order valence-corrected chi connectivity index (χ4v) is 1.26. The van der Waals surface area contributed by atoms with Gasteiger partial charge in [-0.1, -0.05) is 6.42 Å². The minimum atomic E-state index is -0.911. The maximum absolute atomic E-state index is 10.4. The lowest BCUT2D eigenvalue weighted by molar-refractivity contribution is -0.138. The second-order valence-corrected chi connectivity index (χ2v) is 3.69. The number of carbonyl (C=O) groups is 1. The lowest BCUT2D eigenvalue weighted by atomic mass is 10.1. The Balaban J connectivity index is 3.08. The molecule has 0 aliphatic rings. The fraction of sp³-hybridized carbons (Fsp3) is 0.900. The largest absolute Gasteiger partial charge is 0.480 e. The van der Waals surface area contributed by atoms with E-state index in [1.54, 1.807) is 0 Å². The summed E-state index contributed by atoms with van der Waals surface area (Å²) in [7, 11) is 0. The zero-order chi connectivity index (χ0) is 11.5. The molecular formula is C10H23N3O2. The van der Waals surface area contributed by atoms with Crippen molar-refractivity contribution in [3.8, 4) is 0 Å². The van der Waals surface area contributed by atoms with E-state index in [4.69, 9.17) is 16.6 Å². The van der Waals surface area contributed by atoms with Crippen LogP contribution in [-0.4, -0.2) is 36.8 Å². The van der Waals surface area contributed by atoms with Crippen molar-refractivity contribution >= 4 is 5.97 Å². The van der Waals surface area contributed by atoms with Crippen LogP contribution in [0.5, 0.6) is 0 Å². The molecule has 1 atom stereocenters. The van der Waals surface area contributed by atoms with E-state index in [9.17, 15) is 4.79 Å². The molecule has 0 spiro atoms. The van der Waals surface area contributed by atoms with Gasteiger partial charge in [-0.3, -0.25) is 4.79 Å². The minimum Gasteiger partial charge on any atom is -0.480 e. The molecule has 5 nitrogen and oxygen atoms in total. The van der Waals surface area contributed by atoms with Crippen molar-refractivity contribution in [3.05, 3.63) is 0 Å². The summed E-state index contributed by atoms with van der Waals surface area (Å²) in [5.74, 6) is -0.911. The lowest BCUT2D eigenvalue weighted by Gasteiger charge is -2.06. The molecule has 0 fully saturated rings. The average molecular weight is 217 g/mol. The van der Waals surface area contributed by atoms with E-state index in [0.29, 0.717) is 6.42 Å². The van der Waals surface area contributed by atoms with Crippen LogP contribution in [0.3, 0.4) is 0 Å². The normalized spacial score (nSPS) is 12.7. The third-order valence-corrected chi connectivity index (χ3v) is 2.24. The summed E-state index contributed by atoms with van der Waals surface area (Å²) in [6.45, 7) is 2.66. The van der Waals surface area contributed by atoms with Gasteiger partial charge in [0.15, 0.2) is 0 Å². The van der Waals surface area contributed by atoms with E-state index in [0.717, 1.165) is 45.3 Å². The molecule has 0 amide bonds. The topological polar surface area (TPSA) is 101 Å². The molecule has 0 aromatic rings. The van der Waals surface area contributed by atoms with E-state index in [-0.39, 0.29) is 0 Å². The second kappa shape index (κ2) is 9.89. The van der Waals surface area contributed by atoms with Crippen LogP contribution >= 0.6 is 0 Å². The summed E-state index contributed by atoms with van der Waals surface area (Å²) in [6, 6.07) is -0.706. The Kier molecular flexibility index (Phi) is 9.46. The van der Waals surface area contributed by atoms with Crippen LogP contribution in [0.15, 0.2) is 0 Å². The Bertz CT molecular complexity index is 165. The number of carboxylic acid groups (broad SMARTS) is 1. The molecule has 15 heavy (non-hydrogen) atoms. The molecule has 5 heteroatoms. The van der Waals surface area contributed by atoms with Crippen molar-refractivity contribution in [1.29, 1.82) is 0 Å². The zero-order valence-electron chi connectivity index (χ0n) is 9.24. The van der Waals surface area contributed by atoms with Crippen LogP contribution in [-0.2, 0) is 4.79 Å². The number of rotatable bonds is 10. The van der Waals surface area contributed by atoms with Gasteiger partial charge in [0.2, 0.25) is 0 Å². The molecule has 0 bridgehead atoms. The summed E-state index contributed by atoms with van der Waals surface area (Å²) < 4.78 is 0. The van der Waals surface area contributed by atoms with E-state index in [1.165, 1.54) is 0 Å². The molecule has 0 aliphatic heterocycles. The van der Waals surface area contributed by atoms with Gasteiger partial charge in [-0.15, -0.1) is 0 Å². The fourth-order valence-electron chi connectivity index (χ4n) is 1.26. The van der Waals surface area contributed by atoms with E-state index < -0.39 is 12.0 Å². The van der Waals surface area contributed by atoms with Crippen LogP contribution < -0.4 is 16.8 Å². The van der Waals surface area contributed by atoms with Crippen molar-refractivity contribution in [2.45, 2.75) is 38.1 Å². The molecular weight excluding hydrogens is 194 g/mol. The van der Waals surface area contributed by atoms with Crippen LogP contribution in [0.25, 0.3) is 0 Å². The molecule has 90 valence electrons. The smallest absolute Gasteiger partial charge is 0.320 e. The van der Waals surface area contributed by atoms with Crippen LogP contribution in [0.4, 0.5) is 0 Å². The van der Waals surface area contributed by atoms with Crippen molar-refractivity contribution < 1.29 is 9.90 Å². The van der Waals surface area contributed by atoms with Gasteiger partial charge >= 0.3 is 5.97 Å². The maximum Gasteiger partial charge on any atom is 0.320 e. The summed E-state index contributed by atoms with van der Waals surface area (Å²) in [4.78, 5) is 10.4. The highest BCUT2D eigenvalue weighted by molar-refractivity contribution is 5.72. The molecule has 0 aromatic carbocycles. The standard InChI is InChI=1S/C10H23N3O2/c11-6-2-4-8-13-7-3-1-5-9(12)10(14)15/h9,13H,1-8,11-12H2,(H,14,15)/t9-/m0/s1. The molecule has 0 heterocycles. The van der Waals surface area contributed by atoms with Gasteiger partial charge in [0.05, 0.1) is 0 Å². The predicted octanol–water partition coefficient (Wildman–Crippen LogP) is -0.103. The number of nitrogens with two attached hydrogens (primary N) is 2. The number of hydrogen-bond acceptors (Lipinski definition) is 4. The zero-order valence-corrected chi connectivity index (χ0v) is 9.24. The van der Waals surface area contributed by atoms with Crippen LogP contribution in [0.1, 0.15) is 32.1 Å². The molecule has 0 unspecified atom stereocenters. The van der Waals surface area contributed by atoms with E-state index in [1.807, 2.05) is 0 Å². The van der Waals surface area contributed by atoms with Gasteiger partial charge in [-0.05, 0) is 45.3 Å². The quantitative estimate of drug-likeness (QED) is 0.383. The Labute approximate surface area is 91.2 Å². The maximum atomic E-state index is 10.4. The van der Waals surface area contributed by atoms with Gasteiger partial charge in [-0.2, -0.15) is 0 Å². The first-order valence-electron chi connectivity index (χ1n) is 5.57. The number of unbranched alkanes of at least 4 members (excludes halogenated alkanes) is 2. The Morgan fingerprint density at radius 3 is 2.33 bits per heavy atom. The molecule has 6 N–H and O–H groups in total. The minimum absolute atomic E-state index is 0.555. The number of nitrogens with one attached hydrogen (secondary N) is 1. The van der Waals surface area contributed by atoms with Gasteiger partial charge in [0.25, 0.3) is 0 Å². The summed E-state index contributed by atoms with van der Waals surface area (Å²) in [5, 5.41) is 11.8. The number of hydrogen-bond donors (Lipinski definition) is 4. The Morgan fingerprint density at radius 1 is 1.20 bits per heavy atom. The molecule has 0 aliphatic carbocycles. The second-order valence-electron chi connectivity index (χ2n) is 3.69. The van der Waals surface area contributed by atoms with Gasteiger partial charge in [0.1, 0.15) is 6.04 Å². The third-order valence-electron chi connectivity index (χ3n) is 2.24. The lowest BCUT2D eigenvalue weighted by Crippen LogP contribution is -2.30. The summed E-state index contributed by atoms with van der Waals surface area (Å²) >= 11 is 0. The first-order chi connectivity index (χ1) is 7.18. The van der Waals surface area contributed by atoms with Crippen LogP contribution in [0, 0.1) is 0 Å². The van der Waals surface area contributed by atoms with Crippen molar-refractivity contribution in [1.82, 2.24) is 5.32 Å². The Morgan fingerprint density at radius 2 is 1.80 bits per heavy atom. The van der Waals surface area contributed by atoms with Crippen molar-refractivity contribution in [2.24, 2.45) is 11.5 Å². The van der Waals surface area contributed by atoms with Gasteiger partial charge < -0.3 is 21.9 Å². The highest BCUT2D eigenvalue weighted by Crippen LogP contribution is 1.98.